The fraction of sp³-hybridized carbons (Fsp3) is 0.211. The fourth-order valence-electron chi connectivity index (χ4n) is 2.13. The number of hydrogen-bond acceptors (Lipinski definition) is 1. The number of carboxylic acids is 1. The summed E-state index contributed by atoms with van der Waals surface area (Å²) in [5.41, 5.74) is 3.24. The van der Waals surface area contributed by atoms with Crippen LogP contribution in [0.1, 0.15) is 37.5 Å². The molecule has 0 fully saturated rings. The summed E-state index contributed by atoms with van der Waals surface area (Å²) in [6.45, 7) is 6.47. The Balaban J connectivity index is 2.38. The number of benzene rings is 2. The van der Waals surface area contributed by atoms with Crippen LogP contribution in [0.4, 0.5) is 0 Å². The first-order chi connectivity index (χ1) is 9.88. The predicted molar refractivity (Wildman–Crippen MR) is 87.1 cm³/mol. The SMILES string of the molecule is CC(C)(C)c1ccc(/C=C(/C(=O)O)c2ccccc2)cc1. The first-order valence-corrected chi connectivity index (χ1v) is 6.99. The summed E-state index contributed by atoms with van der Waals surface area (Å²) in [4.78, 5) is 11.5. The van der Waals surface area contributed by atoms with Crippen molar-refractivity contribution in [1.82, 2.24) is 0 Å². The van der Waals surface area contributed by atoms with E-state index in [0.717, 1.165) is 5.56 Å². The second-order valence-corrected chi connectivity index (χ2v) is 6.10. The first-order valence-electron chi connectivity index (χ1n) is 6.99. The van der Waals surface area contributed by atoms with Crippen molar-refractivity contribution < 1.29 is 9.90 Å². The molecule has 0 heterocycles. The highest BCUT2D eigenvalue weighted by Crippen LogP contribution is 2.24. The Kier molecular flexibility index (Phi) is 4.27. The number of rotatable bonds is 3. The van der Waals surface area contributed by atoms with Crippen LogP contribution in [0.5, 0.6) is 0 Å². The Morgan fingerprint density at radius 3 is 2.00 bits per heavy atom. The number of aliphatic carboxylic acids is 1. The van der Waals surface area contributed by atoms with Gasteiger partial charge in [0, 0.05) is 0 Å². The predicted octanol–water partition coefficient (Wildman–Crippen LogP) is 4.61. The molecular formula is C19H20O2. The summed E-state index contributed by atoms with van der Waals surface area (Å²) in [5.74, 6) is -0.916. The van der Waals surface area contributed by atoms with Crippen molar-refractivity contribution in [3.8, 4) is 0 Å². The molecule has 2 rings (SSSR count). The van der Waals surface area contributed by atoms with Crippen LogP contribution in [-0.2, 0) is 10.2 Å². The van der Waals surface area contributed by atoms with Gasteiger partial charge in [0.05, 0.1) is 5.57 Å². The Labute approximate surface area is 125 Å². The van der Waals surface area contributed by atoms with Gasteiger partial charge in [-0.2, -0.15) is 0 Å². The Morgan fingerprint density at radius 1 is 0.952 bits per heavy atom. The molecule has 0 amide bonds. The monoisotopic (exact) mass is 280 g/mol. The van der Waals surface area contributed by atoms with Crippen molar-refractivity contribution in [2.45, 2.75) is 26.2 Å². The molecule has 0 radical (unpaired) electrons. The molecule has 108 valence electrons. The minimum absolute atomic E-state index is 0.0945. The quantitative estimate of drug-likeness (QED) is 0.658. The lowest BCUT2D eigenvalue weighted by Crippen LogP contribution is -2.10. The van der Waals surface area contributed by atoms with Gasteiger partial charge in [-0.05, 0) is 28.2 Å². The summed E-state index contributed by atoms with van der Waals surface area (Å²) in [6.07, 6.45) is 1.71. The van der Waals surface area contributed by atoms with Crippen LogP contribution in [0.15, 0.2) is 54.6 Å². The highest BCUT2D eigenvalue weighted by Gasteiger charge is 2.13. The molecule has 2 aromatic carbocycles. The Hall–Kier alpha value is -2.35. The lowest BCUT2D eigenvalue weighted by molar-refractivity contribution is -0.130. The summed E-state index contributed by atoms with van der Waals surface area (Å²) in [5, 5.41) is 9.40. The van der Waals surface area contributed by atoms with Gasteiger partial charge < -0.3 is 5.11 Å². The van der Waals surface area contributed by atoms with Crippen molar-refractivity contribution in [2.75, 3.05) is 0 Å². The van der Waals surface area contributed by atoms with Crippen LogP contribution in [0.3, 0.4) is 0 Å². The van der Waals surface area contributed by atoms with E-state index in [9.17, 15) is 9.90 Å². The number of hydrogen-bond donors (Lipinski definition) is 1. The maximum absolute atomic E-state index is 11.5. The fourth-order valence-corrected chi connectivity index (χ4v) is 2.13. The maximum Gasteiger partial charge on any atom is 0.336 e. The van der Waals surface area contributed by atoms with Gasteiger partial charge in [0.15, 0.2) is 0 Å². The molecule has 2 heteroatoms. The molecule has 0 aromatic heterocycles. The molecule has 21 heavy (non-hydrogen) atoms. The molecule has 0 unspecified atom stereocenters. The zero-order valence-corrected chi connectivity index (χ0v) is 12.6. The van der Waals surface area contributed by atoms with E-state index in [4.69, 9.17) is 0 Å². The minimum atomic E-state index is -0.916. The average Bonchev–Trinajstić information content (AvgIpc) is 2.45. The number of carboxylic acid groups (broad SMARTS) is 1. The zero-order valence-electron chi connectivity index (χ0n) is 12.6. The van der Waals surface area contributed by atoms with Gasteiger partial charge >= 0.3 is 5.97 Å². The summed E-state index contributed by atoms with van der Waals surface area (Å²) in [6, 6.07) is 17.2. The van der Waals surface area contributed by atoms with Crippen molar-refractivity contribution in [1.29, 1.82) is 0 Å². The summed E-state index contributed by atoms with van der Waals surface area (Å²) < 4.78 is 0. The van der Waals surface area contributed by atoms with Crippen molar-refractivity contribution >= 4 is 17.6 Å². The summed E-state index contributed by atoms with van der Waals surface area (Å²) >= 11 is 0. The van der Waals surface area contributed by atoms with Gasteiger partial charge in [-0.3, -0.25) is 0 Å². The van der Waals surface area contributed by atoms with Crippen LogP contribution in [0.2, 0.25) is 0 Å². The molecule has 0 aliphatic rings. The van der Waals surface area contributed by atoms with Gasteiger partial charge in [0.2, 0.25) is 0 Å². The van der Waals surface area contributed by atoms with E-state index in [1.807, 2.05) is 42.5 Å². The van der Waals surface area contributed by atoms with E-state index >= 15 is 0 Å². The third-order valence-electron chi connectivity index (χ3n) is 3.40. The van der Waals surface area contributed by atoms with E-state index in [1.165, 1.54) is 5.56 Å². The summed E-state index contributed by atoms with van der Waals surface area (Å²) in [7, 11) is 0. The largest absolute Gasteiger partial charge is 0.478 e. The normalized spacial score (nSPS) is 12.2. The van der Waals surface area contributed by atoms with Gasteiger partial charge in [-0.1, -0.05) is 75.4 Å². The molecule has 1 N–H and O–H groups in total. The van der Waals surface area contributed by atoms with E-state index in [1.54, 1.807) is 6.08 Å². The second kappa shape index (κ2) is 5.96. The van der Waals surface area contributed by atoms with Gasteiger partial charge in [0.1, 0.15) is 0 Å². The number of carbonyl (C=O) groups is 1. The van der Waals surface area contributed by atoms with Crippen LogP contribution in [0.25, 0.3) is 11.6 Å². The topological polar surface area (TPSA) is 37.3 Å². The molecule has 0 aliphatic heterocycles. The van der Waals surface area contributed by atoms with Crippen molar-refractivity contribution in [2.24, 2.45) is 0 Å². The molecule has 0 saturated carbocycles. The molecule has 0 atom stereocenters. The van der Waals surface area contributed by atoms with Gasteiger partial charge in [0.25, 0.3) is 0 Å². The van der Waals surface area contributed by atoms with Gasteiger partial charge in [-0.25, -0.2) is 4.79 Å². The minimum Gasteiger partial charge on any atom is -0.478 e. The van der Waals surface area contributed by atoms with Gasteiger partial charge in [-0.15, -0.1) is 0 Å². The lowest BCUT2D eigenvalue weighted by Gasteiger charge is -2.18. The Morgan fingerprint density at radius 2 is 1.52 bits per heavy atom. The molecule has 0 aliphatic carbocycles. The molecule has 0 spiro atoms. The maximum atomic E-state index is 11.5. The third kappa shape index (κ3) is 3.82. The van der Waals surface area contributed by atoms with Crippen molar-refractivity contribution in [3.05, 3.63) is 71.3 Å². The second-order valence-electron chi connectivity index (χ2n) is 6.10. The molecular weight excluding hydrogens is 260 g/mol. The van der Waals surface area contributed by atoms with Crippen LogP contribution < -0.4 is 0 Å². The average molecular weight is 280 g/mol. The first kappa shape index (κ1) is 15.0. The van der Waals surface area contributed by atoms with E-state index < -0.39 is 5.97 Å². The Bertz CT molecular complexity index is 644. The van der Waals surface area contributed by atoms with E-state index in [0.29, 0.717) is 11.1 Å². The molecule has 2 aromatic rings. The van der Waals surface area contributed by atoms with Crippen LogP contribution >= 0.6 is 0 Å². The zero-order chi connectivity index (χ0) is 15.5. The van der Waals surface area contributed by atoms with Crippen molar-refractivity contribution in [3.63, 3.8) is 0 Å². The lowest BCUT2D eigenvalue weighted by atomic mass is 9.86. The smallest absolute Gasteiger partial charge is 0.336 e. The highest BCUT2D eigenvalue weighted by molar-refractivity contribution is 6.20. The highest BCUT2D eigenvalue weighted by atomic mass is 16.4. The van der Waals surface area contributed by atoms with E-state index in [2.05, 4.69) is 32.9 Å². The molecule has 0 bridgehead atoms. The van der Waals surface area contributed by atoms with Crippen LogP contribution in [0, 0.1) is 0 Å². The van der Waals surface area contributed by atoms with Crippen LogP contribution in [-0.4, -0.2) is 11.1 Å². The standard InChI is InChI=1S/C19H20O2/c1-19(2,3)16-11-9-14(10-12-16)13-17(18(20)21)15-7-5-4-6-8-15/h4-13H,1-3H3,(H,20,21)/b17-13+. The molecule has 2 nitrogen and oxygen atoms in total. The third-order valence-corrected chi connectivity index (χ3v) is 3.40. The molecule has 0 saturated heterocycles. The van der Waals surface area contributed by atoms with E-state index in [-0.39, 0.29) is 5.41 Å².